The molecule has 0 saturated heterocycles. The maximum absolute atomic E-state index is 12.9. The molecule has 0 saturated carbocycles. The second-order valence-corrected chi connectivity index (χ2v) is 5.62. The second kappa shape index (κ2) is 6.15. The van der Waals surface area contributed by atoms with Crippen LogP contribution in [0, 0.1) is 5.92 Å². The van der Waals surface area contributed by atoms with Crippen molar-refractivity contribution in [3.05, 3.63) is 22.7 Å². The van der Waals surface area contributed by atoms with Crippen LogP contribution in [0.5, 0.6) is 5.75 Å². The van der Waals surface area contributed by atoms with E-state index in [1.165, 1.54) is 26.2 Å². The van der Waals surface area contributed by atoms with E-state index in [0.29, 0.717) is 11.3 Å². The van der Waals surface area contributed by atoms with Gasteiger partial charge in [0.1, 0.15) is 17.2 Å². The fourth-order valence-electron chi connectivity index (χ4n) is 1.98. The van der Waals surface area contributed by atoms with Crippen LogP contribution in [0.1, 0.15) is 22.3 Å². The molecule has 124 valence electrons. The number of methoxy groups -OCH3 is 2. The van der Waals surface area contributed by atoms with E-state index < -0.39 is 28.9 Å². The number of nitrogens with zero attached hydrogens (tertiary/aromatic N) is 1. The Labute approximate surface area is 133 Å². The standard InChI is InChI=1S/C14H12F3NO4S/c1-6(12(20)22-3)10(19)7-4-5-8(21-2)9-11(7)23-13(18-9)14(15,16)17/h4-6H,1-3H3. The Morgan fingerprint density at radius 3 is 2.43 bits per heavy atom. The van der Waals surface area contributed by atoms with Crippen molar-refractivity contribution in [2.45, 2.75) is 13.1 Å². The number of fused-ring (bicyclic) bond motifs is 1. The number of Topliss-reactive ketones (excluding diaryl/α,β-unsaturated/α-hetero) is 1. The van der Waals surface area contributed by atoms with E-state index in [1.54, 1.807) is 0 Å². The lowest BCUT2D eigenvalue weighted by Gasteiger charge is -2.09. The smallest absolute Gasteiger partial charge is 0.443 e. The molecule has 0 aliphatic heterocycles. The van der Waals surface area contributed by atoms with Crippen molar-refractivity contribution in [1.29, 1.82) is 0 Å². The molecular weight excluding hydrogens is 335 g/mol. The highest BCUT2D eigenvalue weighted by atomic mass is 32.1. The largest absolute Gasteiger partial charge is 0.494 e. The molecule has 0 aliphatic rings. The molecule has 2 rings (SSSR count). The summed E-state index contributed by atoms with van der Waals surface area (Å²) in [6.07, 6.45) is -4.64. The molecule has 1 atom stereocenters. The third kappa shape index (κ3) is 3.14. The molecule has 2 aromatic rings. The highest BCUT2D eigenvalue weighted by molar-refractivity contribution is 7.19. The first-order valence-corrected chi connectivity index (χ1v) is 7.19. The average Bonchev–Trinajstić information content (AvgIpc) is 2.97. The van der Waals surface area contributed by atoms with Crippen molar-refractivity contribution in [2.75, 3.05) is 14.2 Å². The molecule has 23 heavy (non-hydrogen) atoms. The molecule has 0 radical (unpaired) electrons. The molecule has 0 spiro atoms. The molecule has 0 N–H and O–H groups in total. The van der Waals surface area contributed by atoms with Gasteiger partial charge in [0, 0.05) is 5.56 Å². The van der Waals surface area contributed by atoms with Crippen LogP contribution < -0.4 is 4.74 Å². The zero-order valence-corrected chi connectivity index (χ0v) is 13.2. The van der Waals surface area contributed by atoms with E-state index in [9.17, 15) is 22.8 Å². The first-order chi connectivity index (χ1) is 10.7. The van der Waals surface area contributed by atoms with Crippen LogP contribution in [-0.4, -0.2) is 31.0 Å². The predicted octanol–water partition coefficient (Wildman–Crippen LogP) is 3.32. The van der Waals surface area contributed by atoms with Gasteiger partial charge in [-0.1, -0.05) is 0 Å². The molecule has 1 aromatic carbocycles. The average molecular weight is 347 g/mol. The Bertz CT molecular complexity index is 769. The van der Waals surface area contributed by atoms with Gasteiger partial charge in [-0.15, -0.1) is 11.3 Å². The second-order valence-electron chi connectivity index (χ2n) is 4.62. The SMILES string of the molecule is COC(=O)C(C)C(=O)c1ccc(OC)c2nc(C(F)(F)F)sc12. The van der Waals surface area contributed by atoms with Crippen LogP contribution in [0.2, 0.25) is 0 Å². The van der Waals surface area contributed by atoms with Gasteiger partial charge in [-0.3, -0.25) is 9.59 Å². The third-order valence-corrected chi connectivity index (χ3v) is 4.32. The quantitative estimate of drug-likeness (QED) is 0.482. The summed E-state index contributed by atoms with van der Waals surface area (Å²) in [5, 5.41) is -1.09. The van der Waals surface area contributed by atoms with Gasteiger partial charge < -0.3 is 9.47 Å². The van der Waals surface area contributed by atoms with Gasteiger partial charge in [0.15, 0.2) is 10.8 Å². The molecule has 0 bridgehead atoms. The normalized spacial score (nSPS) is 13.0. The molecular formula is C14H12F3NO4S. The lowest BCUT2D eigenvalue weighted by molar-refractivity contribution is -0.143. The van der Waals surface area contributed by atoms with Gasteiger partial charge >= 0.3 is 12.1 Å². The monoisotopic (exact) mass is 347 g/mol. The van der Waals surface area contributed by atoms with Gasteiger partial charge in [0.2, 0.25) is 0 Å². The molecule has 0 aliphatic carbocycles. The number of hydrogen-bond acceptors (Lipinski definition) is 6. The summed E-state index contributed by atoms with van der Waals surface area (Å²) in [6, 6.07) is 2.67. The van der Waals surface area contributed by atoms with E-state index in [2.05, 4.69) is 9.72 Å². The topological polar surface area (TPSA) is 65.5 Å². The lowest BCUT2D eigenvalue weighted by Crippen LogP contribution is -2.22. The van der Waals surface area contributed by atoms with E-state index in [-0.39, 0.29) is 21.5 Å². The van der Waals surface area contributed by atoms with Gasteiger partial charge in [0.25, 0.3) is 0 Å². The Balaban J connectivity index is 2.64. The summed E-state index contributed by atoms with van der Waals surface area (Å²) in [5.41, 5.74) is -0.0839. The first-order valence-electron chi connectivity index (χ1n) is 6.37. The lowest BCUT2D eigenvalue weighted by atomic mass is 9.99. The summed E-state index contributed by atoms with van der Waals surface area (Å²) < 4.78 is 48.2. The van der Waals surface area contributed by atoms with Crippen molar-refractivity contribution >= 4 is 33.3 Å². The number of carbonyl (C=O) groups is 2. The number of hydrogen-bond donors (Lipinski definition) is 0. The van der Waals surface area contributed by atoms with E-state index in [1.807, 2.05) is 0 Å². The van der Waals surface area contributed by atoms with Crippen molar-refractivity contribution < 1.29 is 32.2 Å². The Kier molecular flexibility index (Phi) is 4.60. The molecule has 0 fully saturated rings. The number of ketones is 1. The number of thiazole rings is 1. The molecule has 1 aromatic heterocycles. The number of carbonyl (C=O) groups excluding carboxylic acids is 2. The van der Waals surface area contributed by atoms with E-state index in [4.69, 9.17) is 4.74 Å². The Hall–Kier alpha value is -2.16. The highest BCUT2D eigenvalue weighted by Crippen LogP contribution is 2.40. The molecule has 0 amide bonds. The summed E-state index contributed by atoms with van der Waals surface area (Å²) >= 11 is 0.336. The summed E-state index contributed by atoms with van der Waals surface area (Å²) in [5.74, 6) is -2.41. The van der Waals surface area contributed by atoms with Crippen molar-refractivity contribution in [3.8, 4) is 5.75 Å². The van der Waals surface area contributed by atoms with Crippen LogP contribution in [0.3, 0.4) is 0 Å². The van der Waals surface area contributed by atoms with Gasteiger partial charge in [-0.2, -0.15) is 13.2 Å². The number of ether oxygens (including phenoxy) is 2. The zero-order valence-electron chi connectivity index (χ0n) is 12.4. The number of benzene rings is 1. The van der Waals surface area contributed by atoms with E-state index >= 15 is 0 Å². The van der Waals surface area contributed by atoms with Crippen molar-refractivity contribution in [3.63, 3.8) is 0 Å². The number of rotatable bonds is 4. The fraction of sp³-hybridized carbons (Fsp3) is 0.357. The minimum absolute atomic E-state index is 0.0216. The number of halogens is 3. The maximum atomic E-state index is 12.9. The molecule has 5 nitrogen and oxygen atoms in total. The number of esters is 1. The van der Waals surface area contributed by atoms with Crippen LogP contribution in [0.15, 0.2) is 12.1 Å². The van der Waals surface area contributed by atoms with Gasteiger partial charge in [-0.05, 0) is 19.1 Å². The summed E-state index contributed by atoms with van der Waals surface area (Å²) in [4.78, 5) is 27.4. The third-order valence-electron chi connectivity index (χ3n) is 3.18. The van der Waals surface area contributed by atoms with Crippen LogP contribution >= 0.6 is 11.3 Å². The zero-order chi connectivity index (χ0) is 17.4. The summed E-state index contributed by atoms with van der Waals surface area (Å²) in [7, 11) is 2.42. The number of alkyl halides is 3. The number of aromatic nitrogens is 1. The van der Waals surface area contributed by atoms with Crippen LogP contribution in [-0.2, 0) is 15.7 Å². The minimum atomic E-state index is -4.64. The Morgan fingerprint density at radius 2 is 1.91 bits per heavy atom. The molecule has 1 heterocycles. The highest BCUT2D eigenvalue weighted by Gasteiger charge is 2.36. The Morgan fingerprint density at radius 1 is 1.26 bits per heavy atom. The molecule has 1 unspecified atom stereocenters. The van der Waals surface area contributed by atoms with Gasteiger partial charge in [-0.25, -0.2) is 4.98 Å². The fourth-order valence-corrected chi connectivity index (χ4v) is 2.95. The van der Waals surface area contributed by atoms with Crippen LogP contribution in [0.4, 0.5) is 13.2 Å². The maximum Gasteiger partial charge on any atom is 0.443 e. The predicted molar refractivity (Wildman–Crippen MR) is 76.7 cm³/mol. The van der Waals surface area contributed by atoms with Crippen molar-refractivity contribution in [1.82, 2.24) is 4.98 Å². The van der Waals surface area contributed by atoms with Crippen molar-refractivity contribution in [2.24, 2.45) is 5.92 Å². The summed E-state index contributed by atoms with van der Waals surface area (Å²) in [6.45, 7) is 1.33. The molecule has 9 heteroatoms. The van der Waals surface area contributed by atoms with E-state index in [0.717, 1.165) is 7.11 Å². The van der Waals surface area contributed by atoms with Crippen LogP contribution in [0.25, 0.3) is 10.2 Å². The minimum Gasteiger partial charge on any atom is -0.494 e. The first kappa shape index (κ1) is 17.2. The van der Waals surface area contributed by atoms with Gasteiger partial charge in [0.05, 0.1) is 18.9 Å².